The molecule has 0 amide bonds. The minimum absolute atomic E-state index is 0.547. The summed E-state index contributed by atoms with van der Waals surface area (Å²) in [5.41, 5.74) is 0.852. The van der Waals surface area contributed by atoms with Crippen LogP contribution in [-0.4, -0.2) is 39.7 Å². The van der Waals surface area contributed by atoms with Gasteiger partial charge in [-0.15, -0.1) is 4.83 Å². The first-order valence-electron chi connectivity index (χ1n) is 5.74. The zero-order chi connectivity index (χ0) is 12.8. The molecule has 1 heterocycles. The van der Waals surface area contributed by atoms with Gasteiger partial charge in [-0.25, -0.2) is 13.4 Å². The van der Waals surface area contributed by atoms with E-state index in [0.29, 0.717) is 26.3 Å². The van der Waals surface area contributed by atoms with Gasteiger partial charge in [-0.1, -0.05) is 30.3 Å². The Morgan fingerprint density at radius 1 is 1.17 bits per heavy atom. The van der Waals surface area contributed by atoms with E-state index in [2.05, 4.69) is 4.83 Å². The zero-order valence-electron chi connectivity index (χ0n) is 9.95. The Morgan fingerprint density at radius 2 is 1.83 bits per heavy atom. The van der Waals surface area contributed by atoms with Crippen molar-refractivity contribution in [1.82, 2.24) is 9.84 Å². The van der Waals surface area contributed by atoms with E-state index in [0.717, 1.165) is 5.56 Å². The quantitative estimate of drug-likeness (QED) is 0.878. The van der Waals surface area contributed by atoms with Crippen molar-refractivity contribution in [1.29, 1.82) is 0 Å². The van der Waals surface area contributed by atoms with Crippen LogP contribution >= 0.6 is 0 Å². The molecule has 0 aromatic heterocycles. The average Bonchev–Trinajstić information content (AvgIpc) is 2.38. The Morgan fingerprint density at radius 3 is 2.50 bits per heavy atom. The molecule has 1 aromatic carbocycles. The van der Waals surface area contributed by atoms with Gasteiger partial charge in [0, 0.05) is 18.5 Å². The molecule has 0 radical (unpaired) electrons. The molecular weight excluding hydrogens is 252 g/mol. The molecule has 1 aromatic rings. The number of rotatable bonds is 4. The molecule has 18 heavy (non-hydrogen) atoms. The van der Waals surface area contributed by atoms with E-state index in [-0.39, 0.29) is 0 Å². The summed E-state index contributed by atoms with van der Waals surface area (Å²) in [5.74, 6) is 0. The summed E-state index contributed by atoms with van der Waals surface area (Å²) in [4.78, 5) is 2.50. The van der Waals surface area contributed by atoms with Crippen molar-refractivity contribution in [2.45, 2.75) is 0 Å². The monoisotopic (exact) mass is 268 g/mol. The van der Waals surface area contributed by atoms with E-state index in [9.17, 15) is 8.42 Å². The maximum Gasteiger partial charge on any atom is 0.246 e. The first-order chi connectivity index (χ1) is 8.66. The number of benzene rings is 1. The van der Waals surface area contributed by atoms with Crippen LogP contribution in [0.15, 0.2) is 35.7 Å². The lowest BCUT2D eigenvalue weighted by Crippen LogP contribution is -2.47. The fourth-order valence-corrected chi connectivity index (χ4v) is 2.54. The van der Waals surface area contributed by atoms with Gasteiger partial charge < -0.3 is 4.74 Å². The molecule has 0 saturated carbocycles. The van der Waals surface area contributed by atoms with Crippen LogP contribution in [0.25, 0.3) is 6.08 Å². The van der Waals surface area contributed by atoms with Crippen LogP contribution in [0.5, 0.6) is 0 Å². The van der Waals surface area contributed by atoms with Crippen molar-refractivity contribution in [3.8, 4) is 0 Å². The number of hydrazine groups is 1. The van der Waals surface area contributed by atoms with Gasteiger partial charge in [-0.2, -0.15) is 0 Å². The minimum Gasteiger partial charge on any atom is -0.379 e. The number of sulfonamides is 1. The zero-order valence-corrected chi connectivity index (χ0v) is 10.8. The molecule has 0 unspecified atom stereocenters. The number of morpholine rings is 1. The number of hydrogen-bond acceptors (Lipinski definition) is 4. The summed E-state index contributed by atoms with van der Waals surface area (Å²) in [5, 5.41) is 2.83. The van der Waals surface area contributed by atoms with Crippen LogP contribution in [0.2, 0.25) is 0 Å². The summed E-state index contributed by atoms with van der Waals surface area (Å²) in [6.07, 6.45) is 1.57. The molecule has 1 aliphatic heterocycles. The maximum absolute atomic E-state index is 11.8. The van der Waals surface area contributed by atoms with Crippen LogP contribution < -0.4 is 4.83 Å². The van der Waals surface area contributed by atoms with Gasteiger partial charge in [0.2, 0.25) is 10.0 Å². The molecular formula is C12H16N2O3S. The van der Waals surface area contributed by atoms with Gasteiger partial charge in [-0.3, -0.25) is 0 Å². The van der Waals surface area contributed by atoms with Crippen LogP contribution in [0.4, 0.5) is 0 Å². The molecule has 5 nitrogen and oxygen atoms in total. The predicted molar refractivity (Wildman–Crippen MR) is 69.9 cm³/mol. The van der Waals surface area contributed by atoms with Crippen molar-refractivity contribution in [2.24, 2.45) is 0 Å². The topological polar surface area (TPSA) is 58.6 Å². The highest BCUT2D eigenvalue weighted by molar-refractivity contribution is 7.92. The van der Waals surface area contributed by atoms with Gasteiger partial charge in [0.05, 0.1) is 13.2 Å². The lowest BCUT2D eigenvalue weighted by atomic mass is 10.2. The maximum atomic E-state index is 11.8. The van der Waals surface area contributed by atoms with Crippen molar-refractivity contribution in [3.63, 3.8) is 0 Å². The van der Waals surface area contributed by atoms with Crippen molar-refractivity contribution in [3.05, 3.63) is 41.3 Å². The molecule has 2 rings (SSSR count). The molecule has 0 bridgehead atoms. The fraction of sp³-hybridized carbons (Fsp3) is 0.333. The Bertz CT molecular complexity index is 493. The second-order valence-electron chi connectivity index (χ2n) is 3.95. The molecule has 1 N–H and O–H groups in total. The van der Waals surface area contributed by atoms with Crippen molar-refractivity contribution in [2.75, 3.05) is 26.3 Å². The smallest absolute Gasteiger partial charge is 0.246 e. The molecule has 1 fully saturated rings. The highest BCUT2D eigenvalue weighted by Gasteiger charge is 2.15. The average molecular weight is 268 g/mol. The molecule has 0 aliphatic carbocycles. The van der Waals surface area contributed by atoms with Gasteiger partial charge in [0.25, 0.3) is 0 Å². The lowest BCUT2D eigenvalue weighted by molar-refractivity contribution is 0.0274. The fourth-order valence-electron chi connectivity index (χ4n) is 1.60. The summed E-state index contributed by atoms with van der Waals surface area (Å²) in [6.45, 7) is 2.23. The highest BCUT2D eigenvalue weighted by Crippen LogP contribution is 2.03. The summed E-state index contributed by atoms with van der Waals surface area (Å²) in [6, 6.07) is 9.31. The lowest BCUT2D eigenvalue weighted by Gasteiger charge is -2.25. The third-order valence-corrected chi connectivity index (χ3v) is 3.51. The van der Waals surface area contributed by atoms with Crippen LogP contribution in [0, 0.1) is 0 Å². The van der Waals surface area contributed by atoms with E-state index < -0.39 is 10.0 Å². The molecule has 1 saturated heterocycles. The van der Waals surface area contributed by atoms with Gasteiger partial charge in [0.1, 0.15) is 0 Å². The number of ether oxygens (including phenoxy) is 1. The minimum atomic E-state index is -3.44. The SMILES string of the molecule is O=S(=O)(/C=C\c1ccccc1)NN1CCOCC1. The van der Waals surface area contributed by atoms with E-state index in [1.807, 2.05) is 30.3 Å². The second kappa shape index (κ2) is 6.10. The molecule has 6 heteroatoms. The molecule has 0 spiro atoms. The molecule has 0 atom stereocenters. The Balaban J connectivity index is 1.96. The summed E-state index contributed by atoms with van der Waals surface area (Å²) < 4.78 is 28.7. The molecule has 98 valence electrons. The van der Waals surface area contributed by atoms with Crippen LogP contribution in [-0.2, 0) is 14.8 Å². The van der Waals surface area contributed by atoms with Gasteiger partial charge in [-0.05, 0) is 11.6 Å². The van der Waals surface area contributed by atoms with Gasteiger partial charge >= 0.3 is 0 Å². The third-order valence-electron chi connectivity index (χ3n) is 2.51. The van der Waals surface area contributed by atoms with E-state index in [4.69, 9.17) is 4.74 Å². The predicted octanol–water partition coefficient (Wildman–Crippen LogP) is 0.824. The highest BCUT2D eigenvalue weighted by atomic mass is 32.2. The summed E-state index contributed by atoms with van der Waals surface area (Å²) >= 11 is 0. The second-order valence-corrected chi connectivity index (χ2v) is 5.49. The third kappa shape index (κ3) is 4.23. The normalized spacial score (nSPS) is 18.2. The van der Waals surface area contributed by atoms with E-state index >= 15 is 0 Å². The number of nitrogens with one attached hydrogen (secondary N) is 1. The standard InChI is InChI=1S/C12H16N2O3S/c15-18(16,13-14-7-9-17-10-8-14)11-6-12-4-2-1-3-5-12/h1-6,11,13H,7-10H2/b11-6-. The van der Waals surface area contributed by atoms with E-state index in [1.54, 1.807) is 11.1 Å². The Labute approximate surface area is 107 Å². The molecule has 1 aliphatic rings. The largest absolute Gasteiger partial charge is 0.379 e. The van der Waals surface area contributed by atoms with Crippen molar-refractivity contribution >= 4 is 16.1 Å². The first-order valence-corrected chi connectivity index (χ1v) is 7.29. The number of hydrogen-bond donors (Lipinski definition) is 1. The van der Waals surface area contributed by atoms with Gasteiger partial charge in [0.15, 0.2) is 0 Å². The van der Waals surface area contributed by atoms with E-state index in [1.165, 1.54) is 5.41 Å². The van der Waals surface area contributed by atoms with Crippen LogP contribution in [0.3, 0.4) is 0 Å². The summed E-state index contributed by atoms with van der Waals surface area (Å²) in [7, 11) is -3.44. The first kappa shape index (κ1) is 13.2. The van der Waals surface area contributed by atoms with Crippen molar-refractivity contribution < 1.29 is 13.2 Å². The number of nitrogens with zero attached hydrogens (tertiary/aromatic N) is 1. The van der Waals surface area contributed by atoms with Crippen LogP contribution in [0.1, 0.15) is 5.56 Å². The Kier molecular flexibility index (Phi) is 4.48. The Hall–Kier alpha value is -1.21.